The lowest BCUT2D eigenvalue weighted by Crippen LogP contribution is -2.38. The Morgan fingerprint density at radius 2 is 1.96 bits per heavy atom. The van der Waals surface area contributed by atoms with Crippen molar-refractivity contribution in [3.63, 3.8) is 0 Å². The fourth-order valence-corrected chi connectivity index (χ4v) is 4.02. The summed E-state index contributed by atoms with van der Waals surface area (Å²) in [5, 5.41) is 0.641. The Balaban J connectivity index is 1.66. The first-order valence-corrected chi connectivity index (χ1v) is 9.79. The van der Waals surface area contributed by atoms with Gasteiger partial charge in [0.05, 0.1) is 16.5 Å². The molecule has 0 saturated heterocycles. The fraction of sp³-hybridized carbons (Fsp3) is 0.368. The van der Waals surface area contributed by atoms with Crippen LogP contribution in [-0.2, 0) is 0 Å². The van der Waals surface area contributed by atoms with E-state index in [9.17, 15) is 4.79 Å². The van der Waals surface area contributed by atoms with Gasteiger partial charge in [0, 0.05) is 25.2 Å². The maximum Gasteiger partial charge on any atom is 0.295 e. The molecule has 0 bridgehead atoms. The largest absolute Gasteiger partial charge is 0.459 e. The van der Waals surface area contributed by atoms with Crippen LogP contribution in [-0.4, -0.2) is 48.8 Å². The lowest BCUT2D eigenvalue weighted by atomic mass is 10.3. The summed E-state index contributed by atoms with van der Waals surface area (Å²) in [5.74, 6) is 1.52. The molecule has 0 unspecified atom stereocenters. The Bertz CT molecular complexity index is 893. The minimum Gasteiger partial charge on any atom is -0.459 e. The first-order chi connectivity index (χ1) is 13.2. The second-order valence-corrected chi connectivity index (χ2v) is 7.14. The smallest absolute Gasteiger partial charge is 0.295 e. The number of carbonyl (C=O) groups is 1. The maximum absolute atomic E-state index is 13.0. The van der Waals surface area contributed by atoms with Crippen molar-refractivity contribution in [1.29, 1.82) is 0 Å². The molecule has 3 heterocycles. The Labute approximate surface area is 161 Å². The first kappa shape index (κ1) is 17.8. The van der Waals surface area contributed by atoms with Crippen molar-refractivity contribution in [1.82, 2.24) is 9.88 Å². The molecule has 0 aliphatic carbocycles. The number of hydrogen-bond donors (Lipinski definition) is 0. The number of anilines is 1. The average Bonchev–Trinajstić information content (AvgIpc) is 3.42. The van der Waals surface area contributed by atoms with Gasteiger partial charge in [0.2, 0.25) is 6.79 Å². The number of benzene rings is 1. The molecule has 0 radical (unpaired) electrons. The van der Waals surface area contributed by atoms with Gasteiger partial charge in [0.1, 0.15) is 0 Å². The maximum atomic E-state index is 13.0. The van der Waals surface area contributed by atoms with Gasteiger partial charge in [0.15, 0.2) is 22.4 Å². The van der Waals surface area contributed by atoms with E-state index in [4.69, 9.17) is 13.9 Å². The molecule has 0 N–H and O–H groups in total. The number of nitrogens with zero attached hydrogens (tertiary/aromatic N) is 3. The number of amides is 1. The first-order valence-electron chi connectivity index (χ1n) is 8.97. The Morgan fingerprint density at radius 1 is 1.19 bits per heavy atom. The third-order valence-corrected chi connectivity index (χ3v) is 5.65. The molecule has 7 nitrogen and oxygen atoms in total. The summed E-state index contributed by atoms with van der Waals surface area (Å²) in [5.41, 5.74) is 0.791. The SMILES string of the molecule is CCN(CC)CCN(C(=O)c1ccco1)c1nc2cc3c(cc2s1)OCO3. The van der Waals surface area contributed by atoms with Gasteiger partial charge in [0.25, 0.3) is 5.91 Å². The molecule has 0 fully saturated rings. The van der Waals surface area contributed by atoms with Gasteiger partial charge in [-0.3, -0.25) is 9.69 Å². The topological polar surface area (TPSA) is 68.0 Å². The van der Waals surface area contributed by atoms with Crippen molar-refractivity contribution in [3.8, 4) is 11.5 Å². The van der Waals surface area contributed by atoms with Crippen LogP contribution >= 0.6 is 11.3 Å². The van der Waals surface area contributed by atoms with E-state index in [0.717, 1.165) is 29.9 Å². The third kappa shape index (κ3) is 3.50. The van der Waals surface area contributed by atoms with Crippen molar-refractivity contribution in [2.45, 2.75) is 13.8 Å². The highest BCUT2D eigenvalue weighted by Crippen LogP contribution is 2.40. The van der Waals surface area contributed by atoms with Gasteiger partial charge in [-0.1, -0.05) is 25.2 Å². The lowest BCUT2D eigenvalue weighted by Gasteiger charge is -2.24. The monoisotopic (exact) mass is 387 g/mol. The molecule has 142 valence electrons. The van der Waals surface area contributed by atoms with Crippen molar-refractivity contribution in [2.75, 3.05) is 37.9 Å². The van der Waals surface area contributed by atoms with Crippen LogP contribution in [0.4, 0.5) is 5.13 Å². The average molecular weight is 387 g/mol. The van der Waals surface area contributed by atoms with E-state index in [1.807, 2.05) is 12.1 Å². The Kier molecular flexibility index (Phi) is 5.00. The Morgan fingerprint density at radius 3 is 2.67 bits per heavy atom. The van der Waals surface area contributed by atoms with E-state index in [1.165, 1.54) is 17.6 Å². The zero-order chi connectivity index (χ0) is 18.8. The van der Waals surface area contributed by atoms with E-state index in [2.05, 4.69) is 23.7 Å². The molecule has 1 aliphatic rings. The summed E-state index contributed by atoms with van der Waals surface area (Å²) >= 11 is 1.46. The number of furan rings is 1. The van der Waals surface area contributed by atoms with Gasteiger partial charge >= 0.3 is 0 Å². The summed E-state index contributed by atoms with van der Waals surface area (Å²) in [7, 11) is 0. The molecule has 3 aromatic rings. The van der Waals surface area contributed by atoms with Crippen LogP contribution in [0.25, 0.3) is 10.2 Å². The molecule has 27 heavy (non-hydrogen) atoms. The minimum absolute atomic E-state index is 0.189. The fourth-order valence-electron chi connectivity index (χ4n) is 3.02. The van der Waals surface area contributed by atoms with E-state index in [0.29, 0.717) is 28.9 Å². The van der Waals surface area contributed by atoms with Crippen molar-refractivity contribution in [2.24, 2.45) is 0 Å². The highest BCUT2D eigenvalue weighted by Gasteiger charge is 2.25. The number of rotatable bonds is 7. The number of ether oxygens (including phenoxy) is 2. The van der Waals surface area contributed by atoms with Crippen LogP contribution in [0, 0.1) is 0 Å². The molecule has 4 rings (SSSR count). The zero-order valence-electron chi connectivity index (χ0n) is 15.3. The van der Waals surface area contributed by atoms with Crippen molar-refractivity contribution < 1.29 is 18.7 Å². The third-order valence-electron chi connectivity index (χ3n) is 4.61. The number of carbonyl (C=O) groups excluding carboxylic acids is 1. The number of likely N-dealkylation sites (N-methyl/N-ethyl adjacent to an activating group) is 1. The van der Waals surface area contributed by atoms with Gasteiger partial charge in [-0.25, -0.2) is 4.98 Å². The van der Waals surface area contributed by atoms with Crippen LogP contribution < -0.4 is 14.4 Å². The summed E-state index contributed by atoms with van der Waals surface area (Å²) in [6.45, 7) is 7.61. The zero-order valence-corrected chi connectivity index (χ0v) is 16.1. The summed E-state index contributed by atoms with van der Waals surface area (Å²) in [4.78, 5) is 21.6. The van der Waals surface area contributed by atoms with Gasteiger partial charge in [-0.05, 0) is 25.2 Å². The van der Waals surface area contributed by atoms with Crippen molar-refractivity contribution >= 4 is 32.6 Å². The van der Waals surface area contributed by atoms with Gasteiger partial charge < -0.3 is 18.8 Å². The molecule has 1 amide bonds. The summed E-state index contributed by atoms with van der Waals surface area (Å²) in [6, 6.07) is 7.17. The van der Waals surface area contributed by atoms with E-state index < -0.39 is 0 Å². The highest BCUT2D eigenvalue weighted by atomic mass is 32.1. The van der Waals surface area contributed by atoms with Gasteiger partial charge in [-0.2, -0.15) is 0 Å². The molecule has 1 aromatic carbocycles. The molecule has 2 aromatic heterocycles. The second-order valence-electron chi connectivity index (χ2n) is 6.13. The number of aromatic nitrogens is 1. The van der Waals surface area contributed by atoms with Crippen LogP contribution in [0.15, 0.2) is 34.9 Å². The molecular formula is C19H21N3O4S. The standard InChI is InChI=1S/C19H21N3O4S/c1-3-21(4-2)7-8-22(18(23)14-6-5-9-24-14)19-20-13-10-15-16(26-12-25-15)11-17(13)27-19/h5-6,9-11H,3-4,7-8,12H2,1-2H3. The lowest BCUT2D eigenvalue weighted by molar-refractivity contribution is 0.0957. The number of thiazole rings is 1. The van der Waals surface area contributed by atoms with E-state index >= 15 is 0 Å². The predicted octanol–water partition coefficient (Wildman–Crippen LogP) is 3.61. The molecule has 0 spiro atoms. The molecular weight excluding hydrogens is 366 g/mol. The van der Waals surface area contributed by atoms with Crippen molar-refractivity contribution in [3.05, 3.63) is 36.3 Å². The van der Waals surface area contributed by atoms with Crippen LogP contribution in [0.5, 0.6) is 11.5 Å². The van der Waals surface area contributed by atoms with E-state index in [-0.39, 0.29) is 12.7 Å². The number of hydrogen-bond acceptors (Lipinski definition) is 7. The van der Waals surface area contributed by atoms with Gasteiger partial charge in [-0.15, -0.1) is 0 Å². The van der Waals surface area contributed by atoms with Crippen LogP contribution in [0.3, 0.4) is 0 Å². The second kappa shape index (κ2) is 7.58. The summed E-state index contributed by atoms with van der Waals surface area (Å²) < 4.78 is 17.2. The van der Waals surface area contributed by atoms with Crippen LogP contribution in [0.2, 0.25) is 0 Å². The minimum atomic E-state index is -0.189. The molecule has 0 saturated carbocycles. The molecule has 1 aliphatic heterocycles. The number of fused-ring (bicyclic) bond motifs is 2. The quantitative estimate of drug-likeness (QED) is 0.617. The highest BCUT2D eigenvalue weighted by molar-refractivity contribution is 7.22. The molecule has 0 atom stereocenters. The molecule has 8 heteroatoms. The predicted molar refractivity (Wildman–Crippen MR) is 104 cm³/mol. The van der Waals surface area contributed by atoms with E-state index in [1.54, 1.807) is 17.0 Å². The Hall–Kier alpha value is -2.58. The van der Waals surface area contributed by atoms with Crippen LogP contribution in [0.1, 0.15) is 24.4 Å². The summed E-state index contributed by atoms with van der Waals surface area (Å²) in [6.07, 6.45) is 1.51. The normalized spacial score (nSPS) is 12.9.